The highest BCUT2D eigenvalue weighted by atomic mass is 35.5. The van der Waals surface area contributed by atoms with Crippen molar-refractivity contribution in [1.82, 2.24) is 4.98 Å². The Hall–Kier alpha value is -4.49. The van der Waals surface area contributed by atoms with E-state index in [1.807, 2.05) is 60.8 Å². The molecular weight excluding hydrogens is 450 g/mol. The number of amides is 3. The Balaban J connectivity index is 1.29. The number of anilines is 5. The number of H-pyrrole nitrogens is 1. The minimum atomic E-state index is -0.396. The third-order valence-electron chi connectivity index (χ3n) is 5.26. The number of halogens is 1. The molecule has 0 atom stereocenters. The number of hydrogen-bond donors (Lipinski definition) is 5. The summed E-state index contributed by atoms with van der Waals surface area (Å²) >= 11 is 6.10. The van der Waals surface area contributed by atoms with Crippen molar-refractivity contribution >= 4 is 63.6 Å². The molecule has 1 aliphatic rings. The second-order valence-electron chi connectivity index (χ2n) is 7.66. The van der Waals surface area contributed by atoms with Gasteiger partial charge in [-0.15, -0.1) is 0 Å². The van der Waals surface area contributed by atoms with E-state index in [-0.39, 0.29) is 5.91 Å². The molecule has 0 saturated heterocycles. The molecular formula is C26H20ClN5O2. The molecule has 3 aromatic carbocycles. The SMILES string of the molecule is O=C(Nc1cccc(Nc2ccc3c(c2)NC(=O)/C3=C\c2ccc[nH]2)c1)Nc1ccccc1Cl. The van der Waals surface area contributed by atoms with E-state index in [9.17, 15) is 9.59 Å². The van der Waals surface area contributed by atoms with Crippen molar-refractivity contribution < 1.29 is 9.59 Å². The number of aromatic amines is 1. The zero-order valence-corrected chi connectivity index (χ0v) is 18.6. The van der Waals surface area contributed by atoms with Gasteiger partial charge in [0.15, 0.2) is 0 Å². The van der Waals surface area contributed by atoms with Gasteiger partial charge in [0.25, 0.3) is 5.91 Å². The highest BCUT2D eigenvalue weighted by Gasteiger charge is 2.24. The molecule has 0 spiro atoms. The fourth-order valence-corrected chi connectivity index (χ4v) is 3.88. The fourth-order valence-electron chi connectivity index (χ4n) is 3.69. The number of nitrogens with one attached hydrogen (secondary N) is 5. The number of urea groups is 1. The first kappa shape index (κ1) is 21.4. The van der Waals surface area contributed by atoms with Gasteiger partial charge < -0.3 is 26.3 Å². The first-order valence-electron chi connectivity index (χ1n) is 10.6. The molecule has 0 saturated carbocycles. The van der Waals surface area contributed by atoms with Gasteiger partial charge in [-0.1, -0.05) is 35.9 Å². The number of fused-ring (bicyclic) bond motifs is 1. The first-order valence-corrected chi connectivity index (χ1v) is 10.9. The molecule has 0 radical (unpaired) electrons. The lowest BCUT2D eigenvalue weighted by Crippen LogP contribution is -2.19. The van der Waals surface area contributed by atoms with Crippen LogP contribution in [-0.2, 0) is 4.79 Å². The molecule has 0 fully saturated rings. The zero-order chi connectivity index (χ0) is 23.5. The maximum atomic E-state index is 12.5. The van der Waals surface area contributed by atoms with Gasteiger partial charge >= 0.3 is 6.03 Å². The molecule has 0 aliphatic carbocycles. The maximum Gasteiger partial charge on any atom is 0.323 e. The molecule has 5 N–H and O–H groups in total. The predicted octanol–water partition coefficient (Wildman–Crippen LogP) is 6.55. The number of benzene rings is 3. The number of aromatic nitrogens is 1. The standard InChI is InChI=1S/C26H20ClN5O2/c27-22-8-1-2-9-23(22)32-26(34)30-18-6-3-5-17(13-18)29-19-10-11-20-21(14-16-7-4-12-28-16)25(33)31-24(20)15-19/h1-15,28-29H,(H,31,33)(H2,30,32,34)/b21-14-. The molecule has 1 aliphatic heterocycles. The smallest absolute Gasteiger partial charge is 0.323 e. The van der Waals surface area contributed by atoms with Crippen LogP contribution in [0, 0.1) is 0 Å². The van der Waals surface area contributed by atoms with Crippen molar-refractivity contribution in [1.29, 1.82) is 0 Å². The zero-order valence-electron chi connectivity index (χ0n) is 17.9. The minimum absolute atomic E-state index is 0.141. The van der Waals surface area contributed by atoms with Crippen LogP contribution in [0.4, 0.5) is 33.2 Å². The lowest BCUT2D eigenvalue weighted by molar-refractivity contribution is -0.110. The van der Waals surface area contributed by atoms with Crippen LogP contribution in [0.5, 0.6) is 0 Å². The first-order chi connectivity index (χ1) is 16.5. The monoisotopic (exact) mass is 469 g/mol. The average Bonchev–Trinajstić information content (AvgIpc) is 3.43. The minimum Gasteiger partial charge on any atom is -0.362 e. The van der Waals surface area contributed by atoms with E-state index >= 15 is 0 Å². The predicted molar refractivity (Wildman–Crippen MR) is 138 cm³/mol. The van der Waals surface area contributed by atoms with Crippen LogP contribution in [0.2, 0.25) is 5.02 Å². The van der Waals surface area contributed by atoms with Crippen LogP contribution in [0.15, 0.2) is 85.1 Å². The molecule has 168 valence electrons. The van der Waals surface area contributed by atoms with Gasteiger partial charge in [-0.25, -0.2) is 4.79 Å². The van der Waals surface area contributed by atoms with Crippen LogP contribution in [0.25, 0.3) is 11.6 Å². The Morgan fingerprint density at radius 1 is 0.853 bits per heavy atom. The normalized spacial score (nSPS) is 13.3. The summed E-state index contributed by atoms with van der Waals surface area (Å²) in [6, 6.07) is 23.4. The van der Waals surface area contributed by atoms with E-state index < -0.39 is 6.03 Å². The van der Waals surface area contributed by atoms with E-state index in [2.05, 4.69) is 26.3 Å². The lowest BCUT2D eigenvalue weighted by atomic mass is 10.1. The van der Waals surface area contributed by atoms with Crippen LogP contribution >= 0.6 is 11.6 Å². The summed E-state index contributed by atoms with van der Waals surface area (Å²) in [4.78, 5) is 27.9. The molecule has 4 aromatic rings. The number of rotatable bonds is 5. The molecule has 1 aromatic heterocycles. The quantitative estimate of drug-likeness (QED) is 0.214. The van der Waals surface area contributed by atoms with E-state index in [1.165, 1.54) is 0 Å². The van der Waals surface area contributed by atoms with Crippen molar-refractivity contribution in [2.45, 2.75) is 0 Å². The van der Waals surface area contributed by atoms with Crippen LogP contribution < -0.4 is 21.3 Å². The summed E-state index contributed by atoms with van der Waals surface area (Å²) in [5, 5.41) is 12.2. The van der Waals surface area contributed by atoms with Gasteiger partial charge in [-0.3, -0.25) is 4.79 Å². The summed E-state index contributed by atoms with van der Waals surface area (Å²) in [5.41, 5.74) is 5.78. The number of hydrogen-bond acceptors (Lipinski definition) is 3. The van der Waals surface area contributed by atoms with Crippen molar-refractivity contribution in [2.75, 3.05) is 21.3 Å². The van der Waals surface area contributed by atoms with Gasteiger partial charge in [0, 0.05) is 34.5 Å². The third-order valence-corrected chi connectivity index (χ3v) is 5.59. The highest BCUT2D eigenvalue weighted by Crippen LogP contribution is 2.35. The Labute approximate surface area is 200 Å². The lowest BCUT2D eigenvalue weighted by Gasteiger charge is -2.12. The largest absolute Gasteiger partial charge is 0.362 e. The number of carbonyl (C=O) groups excluding carboxylic acids is 2. The van der Waals surface area contributed by atoms with Gasteiger partial charge in [-0.2, -0.15) is 0 Å². The Morgan fingerprint density at radius 2 is 1.68 bits per heavy atom. The second kappa shape index (κ2) is 9.17. The molecule has 2 heterocycles. The Kier molecular flexibility index (Phi) is 5.76. The molecule has 0 bridgehead atoms. The molecule has 0 unspecified atom stereocenters. The summed E-state index contributed by atoms with van der Waals surface area (Å²) in [7, 11) is 0. The average molecular weight is 470 g/mol. The molecule has 5 rings (SSSR count). The van der Waals surface area contributed by atoms with Crippen molar-refractivity contribution in [3.8, 4) is 0 Å². The Bertz CT molecular complexity index is 1410. The van der Waals surface area contributed by atoms with Crippen LogP contribution in [0.3, 0.4) is 0 Å². The van der Waals surface area contributed by atoms with Crippen LogP contribution in [0.1, 0.15) is 11.3 Å². The molecule has 3 amide bonds. The van der Waals surface area contributed by atoms with Gasteiger partial charge in [-0.05, 0) is 60.7 Å². The van der Waals surface area contributed by atoms with E-state index in [1.54, 1.807) is 30.3 Å². The van der Waals surface area contributed by atoms with Crippen molar-refractivity contribution in [3.63, 3.8) is 0 Å². The maximum absolute atomic E-state index is 12.5. The van der Waals surface area contributed by atoms with E-state index in [0.717, 1.165) is 28.3 Å². The van der Waals surface area contributed by atoms with Crippen LogP contribution in [-0.4, -0.2) is 16.9 Å². The second-order valence-corrected chi connectivity index (χ2v) is 8.07. The number of carbonyl (C=O) groups is 2. The highest BCUT2D eigenvalue weighted by molar-refractivity contribution is 6.35. The Morgan fingerprint density at radius 3 is 2.50 bits per heavy atom. The number of para-hydroxylation sites is 1. The van der Waals surface area contributed by atoms with Gasteiger partial charge in [0.1, 0.15) is 0 Å². The topological polar surface area (TPSA) is 98.1 Å². The van der Waals surface area contributed by atoms with E-state index in [0.29, 0.717) is 22.0 Å². The van der Waals surface area contributed by atoms with Gasteiger partial charge in [0.2, 0.25) is 0 Å². The summed E-state index contributed by atoms with van der Waals surface area (Å²) in [6.07, 6.45) is 3.65. The molecule has 8 heteroatoms. The van der Waals surface area contributed by atoms with Gasteiger partial charge in [0.05, 0.1) is 22.0 Å². The molecule has 7 nitrogen and oxygen atoms in total. The van der Waals surface area contributed by atoms with Crippen molar-refractivity contribution in [3.05, 3.63) is 101 Å². The summed E-state index contributed by atoms with van der Waals surface area (Å²) in [6.45, 7) is 0. The third kappa shape index (κ3) is 4.65. The molecule has 34 heavy (non-hydrogen) atoms. The fraction of sp³-hybridized carbons (Fsp3) is 0. The van der Waals surface area contributed by atoms with E-state index in [4.69, 9.17) is 11.6 Å². The summed E-state index contributed by atoms with van der Waals surface area (Å²) < 4.78 is 0. The van der Waals surface area contributed by atoms with Crippen molar-refractivity contribution in [2.24, 2.45) is 0 Å². The summed E-state index contributed by atoms with van der Waals surface area (Å²) in [5.74, 6) is -0.141.